The summed E-state index contributed by atoms with van der Waals surface area (Å²) in [6.45, 7) is 1.97. The lowest BCUT2D eigenvalue weighted by atomic mass is 10.3. The zero-order valence-electron chi connectivity index (χ0n) is 12.3. The third kappa shape index (κ3) is 4.85. The third-order valence-electron chi connectivity index (χ3n) is 2.87. The summed E-state index contributed by atoms with van der Waals surface area (Å²) in [6, 6.07) is 5.21. The molecule has 0 aliphatic heterocycles. The molecule has 1 heterocycles. The van der Waals surface area contributed by atoms with Crippen LogP contribution in [-0.2, 0) is 11.3 Å². The van der Waals surface area contributed by atoms with Gasteiger partial charge in [-0.05, 0) is 31.2 Å². The van der Waals surface area contributed by atoms with Crippen LogP contribution in [-0.4, -0.2) is 23.9 Å². The van der Waals surface area contributed by atoms with Gasteiger partial charge in [0, 0.05) is 18.1 Å². The molecule has 0 bridgehead atoms. The van der Waals surface area contributed by atoms with Gasteiger partial charge in [0.15, 0.2) is 4.80 Å². The van der Waals surface area contributed by atoms with Crippen molar-refractivity contribution in [3.63, 3.8) is 0 Å². The number of aryl methyl sites for hydroxylation is 1. The van der Waals surface area contributed by atoms with Crippen molar-refractivity contribution in [1.82, 2.24) is 9.88 Å². The van der Waals surface area contributed by atoms with Gasteiger partial charge in [0.05, 0.1) is 5.69 Å². The molecule has 0 saturated heterocycles. The molecule has 0 aliphatic rings. The van der Waals surface area contributed by atoms with Gasteiger partial charge in [-0.15, -0.1) is 24.5 Å². The van der Waals surface area contributed by atoms with Gasteiger partial charge in [-0.3, -0.25) is 4.79 Å². The number of carbonyl (C=O) groups excluding carboxylic acids is 1. The lowest BCUT2D eigenvalue weighted by Gasteiger charge is -2.08. The van der Waals surface area contributed by atoms with E-state index in [-0.39, 0.29) is 18.2 Å². The Kier molecular flexibility index (Phi) is 5.09. The fourth-order valence-corrected chi connectivity index (χ4v) is 2.65. The number of amides is 1. The highest BCUT2D eigenvalue weighted by Gasteiger charge is 2.30. The first-order chi connectivity index (χ1) is 10.8. The van der Waals surface area contributed by atoms with E-state index in [0.29, 0.717) is 10.5 Å². The summed E-state index contributed by atoms with van der Waals surface area (Å²) in [5.41, 5.74) is 1.33. The molecule has 23 heavy (non-hydrogen) atoms. The quantitative estimate of drug-likeness (QED) is 0.926. The van der Waals surface area contributed by atoms with Crippen molar-refractivity contribution in [3.05, 3.63) is 40.1 Å². The monoisotopic (exact) mass is 345 g/mol. The number of halogens is 3. The van der Waals surface area contributed by atoms with Crippen molar-refractivity contribution in [1.29, 1.82) is 0 Å². The molecule has 1 aromatic heterocycles. The molecule has 0 unspecified atom stereocenters. The average Bonchev–Trinajstić information content (AvgIpc) is 2.80. The molecule has 0 saturated carbocycles. The molecule has 1 amide bonds. The Balaban J connectivity index is 2.27. The van der Waals surface area contributed by atoms with Gasteiger partial charge in [0.2, 0.25) is 5.91 Å². The summed E-state index contributed by atoms with van der Waals surface area (Å²) in [4.78, 5) is 16.5. The van der Waals surface area contributed by atoms with E-state index in [9.17, 15) is 18.0 Å². The minimum absolute atomic E-state index is 0.125. The van der Waals surface area contributed by atoms with Crippen molar-refractivity contribution in [3.8, 4) is 5.75 Å². The topological polar surface area (TPSA) is 55.6 Å². The van der Waals surface area contributed by atoms with Crippen LogP contribution in [0, 0.1) is 6.92 Å². The number of nitrogens with zero attached hydrogens (tertiary/aromatic N) is 2. The third-order valence-corrected chi connectivity index (χ3v) is 3.85. The summed E-state index contributed by atoms with van der Waals surface area (Å²) in [5, 5.41) is 4.38. The maximum atomic E-state index is 12.1. The van der Waals surface area contributed by atoms with Gasteiger partial charge >= 0.3 is 6.36 Å². The van der Waals surface area contributed by atoms with E-state index in [1.54, 1.807) is 11.6 Å². The zero-order valence-corrected chi connectivity index (χ0v) is 13.2. The minimum atomic E-state index is -4.72. The fraction of sp³-hybridized carbons (Fsp3) is 0.286. The molecule has 2 rings (SSSR count). The van der Waals surface area contributed by atoms with Crippen LogP contribution in [0.25, 0.3) is 0 Å². The lowest BCUT2D eigenvalue weighted by molar-refractivity contribution is -0.274. The highest BCUT2D eigenvalue weighted by molar-refractivity contribution is 7.07. The Bertz CT molecular complexity index is 748. The van der Waals surface area contributed by atoms with E-state index >= 15 is 0 Å². The van der Waals surface area contributed by atoms with Gasteiger partial charge in [-0.2, -0.15) is 0 Å². The van der Waals surface area contributed by atoms with E-state index in [0.717, 1.165) is 5.69 Å². The number of carbonyl (C=O) groups is 1. The highest BCUT2D eigenvalue weighted by atomic mass is 32.1. The number of aromatic nitrogens is 1. The largest absolute Gasteiger partial charge is 0.573 e. The van der Waals surface area contributed by atoms with Crippen molar-refractivity contribution < 1.29 is 22.7 Å². The lowest BCUT2D eigenvalue weighted by Crippen LogP contribution is -2.28. The zero-order chi connectivity index (χ0) is 17.0. The van der Waals surface area contributed by atoms with Crippen LogP contribution in [0.5, 0.6) is 5.75 Å². The molecule has 124 valence electrons. The van der Waals surface area contributed by atoms with Crippen LogP contribution in [0.4, 0.5) is 18.9 Å². The van der Waals surface area contributed by atoms with Crippen molar-refractivity contribution >= 4 is 22.9 Å². The van der Waals surface area contributed by atoms with Gasteiger partial charge in [0.1, 0.15) is 12.3 Å². The molecular formula is C14H14F3N3O2S. The smallest absolute Gasteiger partial charge is 0.406 e. The molecule has 2 aromatic rings. The first kappa shape index (κ1) is 17.1. The van der Waals surface area contributed by atoms with Gasteiger partial charge in [-0.25, -0.2) is 4.99 Å². The van der Waals surface area contributed by atoms with E-state index in [1.165, 1.54) is 35.6 Å². The summed E-state index contributed by atoms with van der Waals surface area (Å²) in [5.74, 6) is -0.473. The number of hydrogen-bond donors (Lipinski definition) is 1. The standard InChI is InChI=1S/C14H14F3N3O2S/c1-9-8-23-13(20(9)7-12(21)18-2)19-10-3-5-11(6-4-10)22-14(15,16)17/h3-6,8H,7H2,1-2H3,(H,18,21). The maximum Gasteiger partial charge on any atom is 0.573 e. The Morgan fingerprint density at radius 3 is 2.57 bits per heavy atom. The Labute approximate surface area is 134 Å². The van der Waals surface area contributed by atoms with Crippen molar-refractivity contribution in [2.45, 2.75) is 19.8 Å². The summed E-state index contributed by atoms with van der Waals surface area (Å²) in [7, 11) is 1.54. The molecule has 5 nitrogen and oxygen atoms in total. The normalized spacial score (nSPS) is 12.3. The molecular weight excluding hydrogens is 331 g/mol. The van der Waals surface area contributed by atoms with Crippen molar-refractivity contribution in [2.75, 3.05) is 7.05 Å². The number of nitrogens with one attached hydrogen (secondary N) is 1. The number of rotatable bonds is 4. The molecule has 0 atom stereocenters. The van der Waals surface area contributed by atoms with Gasteiger partial charge < -0.3 is 14.6 Å². The first-order valence-electron chi connectivity index (χ1n) is 6.54. The number of benzene rings is 1. The van der Waals surface area contributed by atoms with E-state index < -0.39 is 6.36 Å². The molecule has 0 radical (unpaired) electrons. The summed E-state index contributed by atoms with van der Waals surface area (Å²) in [6.07, 6.45) is -4.72. The highest BCUT2D eigenvalue weighted by Crippen LogP contribution is 2.24. The Morgan fingerprint density at radius 1 is 1.35 bits per heavy atom. The summed E-state index contributed by atoms with van der Waals surface area (Å²) < 4.78 is 41.9. The molecule has 0 aliphatic carbocycles. The van der Waals surface area contributed by atoms with Crippen LogP contribution in [0.3, 0.4) is 0 Å². The van der Waals surface area contributed by atoms with Crippen LogP contribution in [0.1, 0.15) is 5.69 Å². The predicted octanol–water partition coefficient (Wildman–Crippen LogP) is 2.74. The Hall–Kier alpha value is -2.29. The van der Waals surface area contributed by atoms with Crippen LogP contribution < -0.4 is 14.9 Å². The molecule has 0 spiro atoms. The maximum absolute atomic E-state index is 12.1. The number of thiazole rings is 1. The Morgan fingerprint density at radius 2 is 2.00 bits per heavy atom. The van der Waals surface area contributed by atoms with Crippen LogP contribution in [0.15, 0.2) is 34.6 Å². The number of alkyl halides is 3. The second-order valence-electron chi connectivity index (χ2n) is 4.57. The molecule has 1 N–H and O–H groups in total. The van der Waals surface area contributed by atoms with E-state index in [4.69, 9.17) is 0 Å². The van der Waals surface area contributed by atoms with Gasteiger partial charge in [0.25, 0.3) is 0 Å². The average molecular weight is 345 g/mol. The van der Waals surface area contributed by atoms with Crippen LogP contribution >= 0.6 is 11.3 Å². The van der Waals surface area contributed by atoms with E-state index in [1.807, 2.05) is 12.3 Å². The van der Waals surface area contributed by atoms with Gasteiger partial charge in [-0.1, -0.05) is 0 Å². The number of hydrogen-bond acceptors (Lipinski definition) is 4. The summed E-state index contributed by atoms with van der Waals surface area (Å²) >= 11 is 1.34. The predicted molar refractivity (Wildman–Crippen MR) is 79.5 cm³/mol. The fourth-order valence-electron chi connectivity index (χ4n) is 1.75. The first-order valence-corrected chi connectivity index (χ1v) is 7.42. The van der Waals surface area contributed by atoms with E-state index in [2.05, 4.69) is 15.0 Å². The molecule has 1 aromatic carbocycles. The van der Waals surface area contributed by atoms with Crippen molar-refractivity contribution in [2.24, 2.45) is 4.99 Å². The minimum Gasteiger partial charge on any atom is -0.406 e. The second kappa shape index (κ2) is 6.86. The molecule has 0 fully saturated rings. The second-order valence-corrected chi connectivity index (χ2v) is 5.41. The SMILES string of the molecule is CNC(=O)Cn1c(C)csc1=Nc1ccc(OC(F)(F)F)cc1. The number of ether oxygens (including phenoxy) is 1. The molecule has 9 heteroatoms. The van der Waals surface area contributed by atoms with Crippen LogP contribution in [0.2, 0.25) is 0 Å². The number of likely N-dealkylation sites (N-methyl/N-ethyl adjacent to an activating group) is 1.